The van der Waals surface area contributed by atoms with Crippen molar-refractivity contribution in [2.24, 2.45) is 11.8 Å². The first-order valence-electron chi connectivity index (χ1n) is 5.52. The lowest BCUT2D eigenvalue weighted by molar-refractivity contribution is -0.124. The average molecular weight is 240 g/mol. The van der Waals surface area contributed by atoms with E-state index in [1.165, 1.54) is 4.90 Å². The molecule has 0 radical (unpaired) electrons. The number of carbonyl (C=O) groups excluding carboxylic acids is 2. The second kappa shape index (κ2) is 7.49. The van der Waals surface area contributed by atoms with Crippen molar-refractivity contribution in [3.05, 3.63) is 0 Å². The van der Waals surface area contributed by atoms with Crippen molar-refractivity contribution in [2.75, 3.05) is 27.2 Å². The predicted octanol–water partition coefficient (Wildman–Crippen LogP) is 0.170. The summed E-state index contributed by atoms with van der Waals surface area (Å²) in [5.74, 6) is -0.947. The largest absolute Gasteiger partial charge is 0.353 e. The van der Waals surface area contributed by atoms with Gasteiger partial charge >= 0.3 is 6.03 Å². The van der Waals surface area contributed by atoms with Gasteiger partial charge in [-0.3, -0.25) is 4.79 Å². The van der Waals surface area contributed by atoms with Gasteiger partial charge in [-0.25, -0.2) is 4.79 Å². The molecule has 96 valence electrons. The number of amides is 3. The van der Waals surface area contributed by atoms with E-state index in [-0.39, 0.29) is 17.9 Å². The number of nitrogens with zero attached hydrogens (tertiary/aromatic N) is 2. The van der Waals surface area contributed by atoms with Crippen LogP contribution in [0.5, 0.6) is 0 Å². The quantitative estimate of drug-likeness (QED) is 0.672. The minimum atomic E-state index is -0.639. The number of hydrogen-bond acceptors (Lipinski definition) is 3. The number of carbonyl (C=O) groups is 2. The van der Waals surface area contributed by atoms with Crippen molar-refractivity contribution in [3.63, 3.8) is 0 Å². The number of nitrogens with one attached hydrogen (secondary N) is 2. The fourth-order valence-electron chi connectivity index (χ4n) is 1.13. The fraction of sp³-hybridized carbons (Fsp3) is 0.727. The SMILES string of the molecule is CC(C)C(C#N)C(=O)NCCNC(=O)N(C)C. The van der Waals surface area contributed by atoms with Crippen molar-refractivity contribution in [3.8, 4) is 6.07 Å². The summed E-state index contributed by atoms with van der Waals surface area (Å²) < 4.78 is 0. The highest BCUT2D eigenvalue weighted by molar-refractivity contribution is 5.81. The highest BCUT2D eigenvalue weighted by Crippen LogP contribution is 2.08. The zero-order valence-electron chi connectivity index (χ0n) is 10.8. The van der Waals surface area contributed by atoms with Gasteiger partial charge in [0.25, 0.3) is 0 Å². The Hall–Kier alpha value is -1.77. The van der Waals surface area contributed by atoms with Crippen LogP contribution in [0.15, 0.2) is 0 Å². The van der Waals surface area contributed by atoms with Gasteiger partial charge in [0.1, 0.15) is 5.92 Å². The molecule has 2 N–H and O–H groups in total. The van der Waals surface area contributed by atoms with Crippen molar-refractivity contribution in [1.82, 2.24) is 15.5 Å². The van der Waals surface area contributed by atoms with E-state index < -0.39 is 5.92 Å². The summed E-state index contributed by atoms with van der Waals surface area (Å²) in [6.07, 6.45) is 0. The first-order valence-corrected chi connectivity index (χ1v) is 5.52. The number of urea groups is 1. The van der Waals surface area contributed by atoms with Crippen LogP contribution in [0.1, 0.15) is 13.8 Å². The normalized spacial score (nSPS) is 11.5. The zero-order valence-corrected chi connectivity index (χ0v) is 10.8. The molecule has 0 spiro atoms. The third-order valence-corrected chi connectivity index (χ3v) is 2.19. The minimum Gasteiger partial charge on any atom is -0.353 e. The highest BCUT2D eigenvalue weighted by atomic mass is 16.2. The smallest absolute Gasteiger partial charge is 0.316 e. The number of nitriles is 1. The molecule has 1 unspecified atom stereocenters. The molecular formula is C11H20N4O2. The third kappa shape index (κ3) is 5.76. The van der Waals surface area contributed by atoms with E-state index in [4.69, 9.17) is 5.26 Å². The molecule has 0 fully saturated rings. The van der Waals surface area contributed by atoms with E-state index in [1.54, 1.807) is 14.1 Å². The van der Waals surface area contributed by atoms with Crippen LogP contribution in [0.3, 0.4) is 0 Å². The molecule has 1 atom stereocenters. The molecule has 0 aliphatic rings. The van der Waals surface area contributed by atoms with Crippen molar-refractivity contribution in [1.29, 1.82) is 5.26 Å². The topological polar surface area (TPSA) is 85.2 Å². The maximum Gasteiger partial charge on any atom is 0.316 e. The molecule has 0 rings (SSSR count). The Kier molecular flexibility index (Phi) is 6.71. The molecular weight excluding hydrogens is 220 g/mol. The summed E-state index contributed by atoms with van der Waals surface area (Å²) in [5, 5.41) is 14.0. The molecule has 17 heavy (non-hydrogen) atoms. The Bertz CT molecular complexity index is 307. The van der Waals surface area contributed by atoms with Crippen molar-refractivity contribution in [2.45, 2.75) is 13.8 Å². The minimum absolute atomic E-state index is 0.0173. The Balaban J connectivity index is 3.87. The van der Waals surface area contributed by atoms with E-state index in [0.29, 0.717) is 13.1 Å². The molecule has 0 saturated heterocycles. The average Bonchev–Trinajstić information content (AvgIpc) is 2.24. The van der Waals surface area contributed by atoms with Crippen LogP contribution >= 0.6 is 0 Å². The summed E-state index contributed by atoms with van der Waals surface area (Å²) in [6.45, 7) is 4.31. The Morgan fingerprint density at radius 2 is 1.76 bits per heavy atom. The van der Waals surface area contributed by atoms with Gasteiger partial charge < -0.3 is 15.5 Å². The molecule has 0 aliphatic carbocycles. The van der Waals surface area contributed by atoms with Gasteiger partial charge in [0.05, 0.1) is 6.07 Å². The van der Waals surface area contributed by atoms with Gasteiger partial charge in [0.2, 0.25) is 5.91 Å². The molecule has 6 nitrogen and oxygen atoms in total. The van der Waals surface area contributed by atoms with E-state index in [2.05, 4.69) is 10.6 Å². The Morgan fingerprint density at radius 3 is 2.18 bits per heavy atom. The van der Waals surface area contributed by atoms with E-state index in [9.17, 15) is 9.59 Å². The summed E-state index contributed by atoms with van der Waals surface area (Å²) in [5.41, 5.74) is 0. The van der Waals surface area contributed by atoms with Crippen molar-refractivity contribution >= 4 is 11.9 Å². The van der Waals surface area contributed by atoms with E-state index >= 15 is 0 Å². The Morgan fingerprint density at radius 1 is 1.24 bits per heavy atom. The summed E-state index contributed by atoms with van der Waals surface area (Å²) in [6, 6.07) is 1.75. The van der Waals surface area contributed by atoms with Crippen LogP contribution in [-0.2, 0) is 4.79 Å². The second-order valence-corrected chi connectivity index (χ2v) is 4.27. The van der Waals surface area contributed by atoms with Crippen LogP contribution in [0.2, 0.25) is 0 Å². The molecule has 0 aromatic carbocycles. The maximum absolute atomic E-state index is 11.5. The molecule has 0 bridgehead atoms. The van der Waals surface area contributed by atoms with Gasteiger partial charge in [-0.2, -0.15) is 5.26 Å². The fourth-order valence-corrected chi connectivity index (χ4v) is 1.13. The monoisotopic (exact) mass is 240 g/mol. The Labute approximate surface area is 102 Å². The maximum atomic E-state index is 11.5. The lowest BCUT2D eigenvalue weighted by Gasteiger charge is -2.14. The summed E-state index contributed by atoms with van der Waals surface area (Å²) >= 11 is 0. The third-order valence-electron chi connectivity index (χ3n) is 2.19. The van der Waals surface area contributed by atoms with Crippen molar-refractivity contribution < 1.29 is 9.59 Å². The van der Waals surface area contributed by atoms with Gasteiger partial charge in [0, 0.05) is 27.2 Å². The van der Waals surface area contributed by atoms with Gasteiger partial charge in [-0.1, -0.05) is 13.8 Å². The van der Waals surface area contributed by atoms with Crippen LogP contribution < -0.4 is 10.6 Å². The van der Waals surface area contributed by atoms with Gasteiger partial charge in [-0.15, -0.1) is 0 Å². The van der Waals surface area contributed by atoms with Crippen LogP contribution in [0.25, 0.3) is 0 Å². The molecule has 0 aromatic rings. The van der Waals surface area contributed by atoms with Crippen LogP contribution in [0, 0.1) is 23.2 Å². The lowest BCUT2D eigenvalue weighted by Crippen LogP contribution is -2.41. The second-order valence-electron chi connectivity index (χ2n) is 4.27. The molecule has 0 aliphatic heterocycles. The zero-order chi connectivity index (χ0) is 13.4. The molecule has 0 aromatic heterocycles. The van der Waals surface area contributed by atoms with E-state index in [0.717, 1.165) is 0 Å². The highest BCUT2D eigenvalue weighted by Gasteiger charge is 2.20. The van der Waals surface area contributed by atoms with Gasteiger partial charge in [0.15, 0.2) is 0 Å². The standard InChI is InChI=1S/C11H20N4O2/c1-8(2)9(7-12)10(16)13-5-6-14-11(17)15(3)4/h8-9H,5-6H2,1-4H3,(H,13,16)(H,14,17). The molecule has 6 heteroatoms. The first kappa shape index (κ1) is 15.2. The van der Waals surface area contributed by atoms with Gasteiger partial charge in [-0.05, 0) is 5.92 Å². The molecule has 3 amide bonds. The molecule has 0 saturated carbocycles. The lowest BCUT2D eigenvalue weighted by atomic mass is 9.97. The number of hydrogen-bond donors (Lipinski definition) is 2. The summed E-state index contributed by atoms with van der Waals surface area (Å²) in [4.78, 5) is 24.1. The predicted molar refractivity (Wildman–Crippen MR) is 64.0 cm³/mol. The van der Waals surface area contributed by atoms with Crippen LogP contribution in [-0.4, -0.2) is 44.0 Å². The van der Waals surface area contributed by atoms with Crippen LogP contribution in [0.4, 0.5) is 4.79 Å². The van der Waals surface area contributed by atoms with E-state index in [1.807, 2.05) is 19.9 Å². The molecule has 0 heterocycles. The number of rotatable bonds is 5. The summed E-state index contributed by atoms with van der Waals surface area (Å²) in [7, 11) is 3.27. The first-order chi connectivity index (χ1) is 7.90.